The zero-order chi connectivity index (χ0) is 22.0. The lowest BCUT2D eigenvalue weighted by atomic mass is 10.1. The fraction of sp³-hybridized carbons (Fsp3) is 0.364. The van der Waals surface area contributed by atoms with Crippen molar-refractivity contribution >= 4 is 22.6 Å². The van der Waals surface area contributed by atoms with Gasteiger partial charge < -0.3 is 14.0 Å². The lowest BCUT2D eigenvalue weighted by Gasteiger charge is -2.21. The highest BCUT2D eigenvalue weighted by molar-refractivity contribution is 5.95. The minimum atomic E-state index is -0.193. The van der Waals surface area contributed by atoms with Crippen LogP contribution in [0.3, 0.4) is 0 Å². The number of hydrogen-bond donors (Lipinski definition) is 0. The van der Waals surface area contributed by atoms with Gasteiger partial charge in [0.1, 0.15) is 12.9 Å². The van der Waals surface area contributed by atoms with Gasteiger partial charge in [0, 0.05) is 37.3 Å². The van der Waals surface area contributed by atoms with Gasteiger partial charge in [-0.1, -0.05) is 17.3 Å². The molecular weight excluding hydrogens is 410 g/mol. The lowest BCUT2D eigenvalue weighted by molar-refractivity contribution is 0.101. The minimum Gasteiger partial charge on any atom is -0.371 e. The molecule has 1 aromatic carbocycles. The zero-order valence-corrected chi connectivity index (χ0v) is 17.7. The average molecular weight is 431 g/mol. The van der Waals surface area contributed by atoms with Crippen LogP contribution >= 0.6 is 0 Å². The van der Waals surface area contributed by atoms with Crippen LogP contribution in [0.5, 0.6) is 0 Å². The average Bonchev–Trinajstić information content (AvgIpc) is 3.21. The molecule has 0 bridgehead atoms. The second-order valence-corrected chi connectivity index (χ2v) is 8.62. The molecule has 1 saturated heterocycles. The van der Waals surface area contributed by atoms with Crippen LogP contribution in [0.1, 0.15) is 34.9 Å². The molecule has 0 radical (unpaired) electrons. The molecule has 4 aromatic rings. The molecule has 0 N–H and O–H groups in total. The van der Waals surface area contributed by atoms with Crippen LogP contribution in [-0.4, -0.2) is 48.1 Å². The summed E-state index contributed by atoms with van der Waals surface area (Å²) < 4.78 is 8.56. The Morgan fingerprint density at radius 1 is 1.19 bits per heavy atom. The van der Waals surface area contributed by atoms with Gasteiger partial charge in [0.25, 0.3) is 5.56 Å². The number of carbonyl (C=O) groups is 1. The first-order chi connectivity index (χ1) is 15.5. The summed E-state index contributed by atoms with van der Waals surface area (Å²) in [6, 6.07) is 7.78. The third-order valence-electron chi connectivity index (χ3n) is 6.60. The summed E-state index contributed by atoms with van der Waals surface area (Å²) in [6.07, 6.45) is 3.03. The standard InChI is InChI=1S/C22H21N7O3/c1-12(30)13-4-3-5-14(6-13)28-7-15-16(8-28)18(15)20-25-17(32-26-20)9-29-11-24-21-19(22(29)31)27(2)10-23-21/h3-6,10-11,15-16,18H,7-9H2,1-2H3/t15-,16+,18-. The van der Waals surface area contributed by atoms with E-state index in [-0.39, 0.29) is 23.8 Å². The van der Waals surface area contributed by atoms with Crippen LogP contribution in [0.4, 0.5) is 5.69 Å². The number of aryl methyl sites for hydroxylation is 1. The quantitative estimate of drug-likeness (QED) is 0.438. The van der Waals surface area contributed by atoms with Gasteiger partial charge in [0.15, 0.2) is 22.8 Å². The molecule has 0 amide bonds. The van der Waals surface area contributed by atoms with E-state index in [0.29, 0.717) is 34.7 Å². The van der Waals surface area contributed by atoms with Crippen molar-refractivity contribution in [3.05, 3.63) is 64.6 Å². The largest absolute Gasteiger partial charge is 0.371 e. The molecule has 0 spiro atoms. The Bertz CT molecular complexity index is 1410. The smallest absolute Gasteiger partial charge is 0.280 e. The highest BCUT2D eigenvalue weighted by Gasteiger charge is 2.58. The lowest BCUT2D eigenvalue weighted by Crippen LogP contribution is -2.24. The van der Waals surface area contributed by atoms with E-state index < -0.39 is 0 Å². The predicted molar refractivity (Wildman–Crippen MR) is 115 cm³/mol. The second kappa shape index (κ2) is 6.84. The van der Waals surface area contributed by atoms with Gasteiger partial charge in [-0.2, -0.15) is 4.98 Å². The summed E-state index contributed by atoms with van der Waals surface area (Å²) in [6.45, 7) is 3.57. The van der Waals surface area contributed by atoms with Gasteiger partial charge in [-0.25, -0.2) is 9.97 Å². The Morgan fingerprint density at radius 3 is 2.75 bits per heavy atom. The normalized spacial score (nSPS) is 21.8. The molecule has 1 aliphatic heterocycles. The summed E-state index contributed by atoms with van der Waals surface area (Å²) in [5, 5.41) is 4.19. The minimum absolute atomic E-state index is 0.0743. The monoisotopic (exact) mass is 431 g/mol. The highest BCUT2D eigenvalue weighted by Crippen LogP contribution is 2.57. The molecular formula is C22H21N7O3. The molecule has 4 heterocycles. The third-order valence-corrected chi connectivity index (χ3v) is 6.60. The fourth-order valence-electron chi connectivity index (χ4n) is 4.84. The van der Waals surface area contributed by atoms with Crippen molar-refractivity contribution in [1.82, 2.24) is 29.2 Å². The SMILES string of the molecule is CC(=O)c1cccc(N2C[C@@H]3[C@H](C2)[C@@H]3c2noc(Cn3cnc4ncn(C)c4c3=O)n2)c1. The molecule has 10 heteroatoms. The molecule has 2 aliphatic rings. The number of fused-ring (bicyclic) bond motifs is 2. The number of carbonyl (C=O) groups excluding carboxylic acids is 1. The number of aromatic nitrogens is 6. The van der Waals surface area contributed by atoms with E-state index in [1.807, 2.05) is 24.3 Å². The molecule has 3 aromatic heterocycles. The first-order valence-electron chi connectivity index (χ1n) is 10.5. The number of rotatable bonds is 5. The topological polar surface area (TPSA) is 112 Å². The maximum absolute atomic E-state index is 12.7. The number of benzene rings is 1. The number of imidazole rings is 1. The van der Waals surface area contributed by atoms with Gasteiger partial charge in [0.05, 0.1) is 6.33 Å². The van der Waals surface area contributed by atoms with Crippen LogP contribution in [0, 0.1) is 11.8 Å². The number of nitrogens with zero attached hydrogens (tertiary/aromatic N) is 7. The van der Waals surface area contributed by atoms with Crippen LogP contribution in [-0.2, 0) is 13.6 Å². The van der Waals surface area contributed by atoms with Crippen molar-refractivity contribution < 1.29 is 9.32 Å². The van der Waals surface area contributed by atoms with E-state index in [0.717, 1.165) is 24.3 Å². The Labute approximate surface area is 182 Å². The van der Waals surface area contributed by atoms with Crippen molar-refractivity contribution in [3.63, 3.8) is 0 Å². The number of anilines is 1. The summed E-state index contributed by atoms with van der Waals surface area (Å²) in [7, 11) is 1.76. The Balaban J connectivity index is 1.15. The van der Waals surface area contributed by atoms with Crippen molar-refractivity contribution in [2.45, 2.75) is 19.4 Å². The fourth-order valence-corrected chi connectivity index (χ4v) is 4.84. The molecule has 6 rings (SSSR count). The van der Waals surface area contributed by atoms with E-state index in [4.69, 9.17) is 4.52 Å². The van der Waals surface area contributed by atoms with Crippen molar-refractivity contribution in [2.24, 2.45) is 18.9 Å². The van der Waals surface area contributed by atoms with Crippen LogP contribution < -0.4 is 10.5 Å². The summed E-state index contributed by atoms with van der Waals surface area (Å²) in [4.78, 5) is 39.6. The maximum Gasteiger partial charge on any atom is 0.280 e. The molecule has 162 valence electrons. The first kappa shape index (κ1) is 18.9. The molecule has 2 fully saturated rings. The first-order valence-corrected chi connectivity index (χ1v) is 10.5. The number of ketones is 1. The van der Waals surface area contributed by atoms with E-state index in [1.165, 1.54) is 10.9 Å². The maximum atomic E-state index is 12.7. The van der Waals surface area contributed by atoms with E-state index in [2.05, 4.69) is 25.0 Å². The van der Waals surface area contributed by atoms with E-state index in [1.54, 1.807) is 24.9 Å². The summed E-state index contributed by atoms with van der Waals surface area (Å²) in [5.74, 6) is 2.38. The Morgan fingerprint density at radius 2 is 1.97 bits per heavy atom. The van der Waals surface area contributed by atoms with E-state index >= 15 is 0 Å². The zero-order valence-electron chi connectivity index (χ0n) is 17.7. The summed E-state index contributed by atoms with van der Waals surface area (Å²) >= 11 is 0. The number of Topliss-reactive ketones (excluding diaryl/α,β-unsaturated/α-hetero) is 1. The Hall–Kier alpha value is -3.82. The molecule has 3 atom stereocenters. The molecule has 1 saturated carbocycles. The number of hydrogen-bond acceptors (Lipinski definition) is 8. The van der Waals surface area contributed by atoms with Crippen molar-refractivity contribution in [3.8, 4) is 0 Å². The molecule has 10 nitrogen and oxygen atoms in total. The van der Waals surface area contributed by atoms with Crippen LogP contribution in [0.2, 0.25) is 0 Å². The predicted octanol–water partition coefficient (Wildman–Crippen LogP) is 1.61. The van der Waals surface area contributed by atoms with Crippen LogP contribution in [0.25, 0.3) is 11.2 Å². The third kappa shape index (κ3) is 2.94. The van der Waals surface area contributed by atoms with Crippen LogP contribution in [0.15, 0.2) is 46.2 Å². The highest BCUT2D eigenvalue weighted by atomic mass is 16.5. The van der Waals surface area contributed by atoms with Gasteiger partial charge in [-0.3, -0.25) is 14.2 Å². The van der Waals surface area contributed by atoms with Gasteiger partial charge in [-0.05, 0) is 30.9 Å². The Kier molecular flexibility index (Phi) is 4.04. The second-order valence-electron chi connectivity index (χ2n) is 8.62. The number of piperidine rings is 1. The molecule has 0 unspecified atom stereocenters. The van der Waals surface area contributed by atoms with Crippen molar-refractivity contribution in [2.75, 3.05) is 18.0 Å². The van der Waals surface area contributed by atoms with Gasteiger partial charge in [-0.15, -0.1) is 0 Å². The molecule has 32 heavy (non-hydrogen) atoms. The summed E-state index contributed by atoms with van der Waals surface area (Å²) in [5.41, 5.74) is 2.48. The van der Waals surface area contributed by atoms with Gasteiger partial charge >= 0.3 is 0 Å². The molecule has 1 aliphatic carbocycles. The van der Waals surface area contributed by atoms with E-state index in [9.17, 15) is 9.59 Å². The van der Waals surface area contributed by atoms with Gasteiger partial charge in [0.2, 0.25) is 5.89 Å². The van der Waals surface area contributed by atoms with Crippen molar-refractivity contribution in [1.29, 1.82) is 0 Å².